The van der Waals surface area contributed by atoms with E-state index in [-0.39, 0.29) is 19.4 Å². The Morgan fingerprint density at radius 1 is 0.614 bits per heavy atom. The molecule has 4 atom stereocenters. The Bertz CT molecular complexity index is 1080. The molecule has 0 bridgehead atoms. The first-order valence-electron chi connectivity index (χ1n) is 22.4. The van der Waals surface area contributed by atoms with Crippen LogP contribution < -0.4 is 0 Å². The van der Waals surface area contributed by atoms with Gasteiger partial charge >= 0.3 is 19.8 Å². The largest absolute Gasteiger partial charge is 0.472 e. The summed E-state index contributed by atoms with van der Waals surface area (Å²) >= 11 is 0. The minimum absolute atomic E-state index is 0.115. The molecule has 0 rings (SSSR count). The second-order valence-electron chi connectivity index (χ2n) is 15.7. The van der Waals surface area contributed by atoms with Crippen molar-refractivity contribution in [2.45, 2.75) is 206 Å². The van der Waals surface area contributed by atoms with E-state index in [1.54, 1.807) is 6.08 Å². The first-order chi connectivity index (χ1) is 27.5. The molecular weight excluding hydrogens is 747 g/mol. The molecule has 0 radical (unpaired) electrons. The molecule has 0 aromatic rings. The van der Waals surface area contributed by atoms with Crippen LogP contribution in [0.4, 0.5) is 0 Å². The lowest BCUT2D eigenvalue weighted by molar-refractivity contribution is -0.161. The van der Waals surface area contributed by atoms with Crippen molar-refractivity contribution >= 4 is 19.8 Å². The van der Waals surface area contributed by atoms with Crippen molar-refractivity contribution in [2.24, 2.45) is 5.92 Å². The Balaban J connectivity index is 4.32. The van der Waals surface area contributed by atoms with E-state index in [0.29, 0.717) is 19.3 Å². The van der Waals surface area contributed by atoms with Gasteiger partial charge in [-0.15, -0.1) is 0 Å². The van der Waals surface area contributed by atoms with Crippen molar-refractivity contribution in [3.05, 3.63) is 36.5 Å². The Morgan fingerprint density at radius 3 is 1.63 bits per heavy atom. The molecule has 0 spiro atoms. The van der Waals surface area contributed by atoms with Crippen LogP contribution in [0.2, 0.25) is 0 Å². The molecular formula is C45H83O11P. The van der Waals surface area contributed by atoms with Crippen molar-refractivity contribution in [1.29, 1.82) is 0 Å². The van der Waals surface area contributed by atoms with Gasteiger partial charge in [0.15, 0.2) is 6.10 Å². The van der Waals surface area contributed by atoms with Crippen LogP contribution in [0.15, 0.2) is 36.5 Å². The van der Waals surface area contributed by atoms with Crippen LogP contribution in [0, 0.1) is 5.92 Å². The molecule has 334 valence electrons. The van der Waals surface area contributed by atoms with E-state index in [9.17, 15) is 29.3 Å². The van der Waals surface area contributed by atoms with Gasteiger partial charge in [0.2, 0.25) is 0 Å². The molecule has 0 aromatic carbocycles. The number of rotatable bonds is 41. The van der Waals surface area contributed by atoms with E-state index in [0.717, 1.165) is 63.7 Å². The molecule has 0 saturated heterocycles. The van der Waals surface area contributed by atoms with Crippen LogP contribution in [0.1, 0.15) is 188 Å². The molecule has 0 aliphatic rings. The van der Waals surface area contributed by atoms with E-state index in [2.05, 4.69) is 37.4 Å². The predicted molar refractivity (Wildman–Crippen MR) is 230 cm³/mol. The van der Waals surface area contributed by atoms with Gasteiger partial charge in [-0.1, -0.05) is 179 Å². The molecule has 0 aliphatic carbocycles. The summed E-state index contributed by atoms with van der Waals surface area (Å²) in [6.45, 7) is 4.49. The topological polar surface area (TPSA) is 169 Å². The fraction of sp³-hybridized carbons (Fsp3) is 0.822. The molecule has 0 saturated carbocycles. The number of carbonyl (C=O) groups is 2. The minimum Gasteiger partial charge on any atom is -0.462 e. The van der Waals surface area contributed by atoms with Gasteiger partial charge in [-0.05, 0) is 38.0 Å². The van der Waals surface area contributed by atoms with Crippen molar-refractivity contribution < 1.29 is 52.9 Å². The first-order valence-corrected chi connectivity index (χ1v) is 23.9. The monoisotopic (exact) mass is 831 g/mol. The standard InChI is InChI=1S/C45H83O11P/c1-4-5-6-7-17-22-27-32-41(47)33-28-23-20-25-30-35-45(50)56-43(39-55-57(51,52)54-37-42(48)36-46)38-53-44(49)34-29-24-19-16-14-12-10-8-9-11-13-15-18-21-26-31-40(2)3/h5-6,17,22,27,32,40-43,46-48H,4,7-16,18-21,23-26,28-31,33-39H2,1-3H3,(H,51,52)/b6-5+,22-17+,32-27+/t41?,42-,43+/m0/s1. The second kappa shape index (κ2) is 39.6. The number of unbranched alkanes of at least 4 members (excludes halogenated alkanes) is 18. The number of phosphoric ester groups is 1. The lowest BCUT2D eigenvalue weighted by Gasteiger charge is -2.20. The van der Waals surface area contributed by atoms with Crippen LogP contribution in [-0.4, -0.2) is 76.9 Å². The van der Waals surface area contributed by atoms with Crippen molar-refractivity contribution in [1.82, 2.24) is 0 Å². The number of hydrogen-bond acceptors (Lipinski definition) is 10. The third-order valence-electron chi connectivity index (χ3n) is 9.59. The number of phosphoric acid groups is 1. The van der Waals surface area contributed by atoms with Gasteiger partial charge in [0.05, 0.1) is 25.9 Å². The summed E-state index contributed by atoms with van der Waals surface area (Å²) in [5, 5.41) is 28.5. The summed E-state index contributed by atoms with van der Waals surface area (Å²) in [7, 11) is -4.64. The summed E-state index contributed by atoms with van der Waals surface area (Å²) in [6, 6.07) is 0. The number of carbonyl (C=O) groups excluding carboxylic acids is 2. The maximum atomic E-state index is 12.6. The highest BCUT2D eigenvalue weighted by atomic mass is 31.2. The zero-order valence-electron chi connectivity index (χ0n) is 36.1. The number of aliphatic hydroxyl groups excluding tert-OH is 3. The molecule has 57 heavy (non-hydrogen) atoms. The molecule has 0 heterocycles. The molecule has 0 amide bonds. The van der Waals surface area contributed by atoms with Crippen molar-refractivity contribution in [2.75, 3.05) is 26.4 Å². The van der Waals surface area contributed by atoms with E-state index in [1.807, 2.05) is 18.2 Å². The molecule has 4 N–H and O–H groups in total. The molecule has 12 heteroatoms. The highest BCUT2D eigenvalue weighted by Crippen LogP contribution is 2.43. The SMILES string of the molecule is CC/C=C/C/C=C/C=C/C(O)CCCCCCCC(=O)O[C@H](COC(=O)CCCCCCCCCCCCCCCCCC(C)C)COP(=O)(O)OC[C@@H](O)CO. The second-order valence-corrected chi connectivity index (χ2v) is 17.2. The fourth-order valence-electron chi connectivity index (χ4n) is 6.13. The zero-order valence-corrected chi connectivity index (χ0v) is 37.0. The Labute approximate surface area is 346 Å². The van der Waals surface area contributed by atoms with Gasteiger partial charge in [-0.3, -0.25) is 18.6 Å². The van der Waals surface area contributed by atoms with Gasteiger partial charge in [0, 0.05) is 12.8 Å². The van der Waals surface area contributed by atoms with E-state index in [4.69, 9.17) is 19.1 Å². The Kier molecular flexibility index (Phi) is 38.3. The summed E-state index contributed by atoms with van der Waals surface area (Å²) in [5.74, 6) is -0.172. The Morgan fingerprint density at radius 2 is 1.11 bits per heavy atom. The van der Waals surface area contributed by atoms with Gasteiger partial charge in [0.25, 0.3) is 0 Å². The van der Waals surface area contributed by atoms with Crippen LogP contribution in [-0.2, 0) is 32.7 Å². The fourth-order valence-corrected chi connectivity index (χ4v) is 6.92. The number of ether oxygens (including phenoxy) is 2. The van der Waals surface area contributed by atoms with E-state index in [1.165, 1.54) is 77.0 Å². The van der Waals surface area contributed by atoms with E-state index >= 15 is 0 Å². The molecule has 11 nitrogen and oxygen atoms in total. The number of allylic oxidation sites excluding steroid dienone is 5. The van der Waals surface area contributed by atoms with Gasteiger partial charge < -0.3 is 29.7 Å². The predicted octanol–water partition coefficient (Wildman–Crippen LogP) is 10.8. The smallest absolute Gasteiger partial charge is 0.462 e. The quantitative estimate of drug-likeness (QED) is 0.0152. The maximum Gasteiger partial charge on any atom is 0.472 e. The summed E-state index contributed by atoms with van der Waals surface area (Å²) in [5.41, 5.74) is 0. The zero-order chi connectivity index (χ0) is 42.2. The number of esters is 2. The first kappa shape index (κ1) is 55.2. The Hall–Kier alpha value is -1.85. The summed E-state index contributed by atoms with van der Waals surface area (Å²) in [6.07, 6.45) is 35.6. The van der Waals surface area contributed by atoms with E-state index < -0.39 is 57.9 Å². The molecule has 0 aliphatic heterocycles. The lowest BCUT2D eigenvalue weighted by atomic mass is 10.0. The number of hydrogen-bond donors (Lipinski definition) is 4. The third kappa shape index (κ3) is 40.7. The average Bonchev–Trinajstić information content (AvgIpc) is 3.18. The lowest BCUT2D eigenvalue weighted by Crippen LogP contribution is -2.29. The highest BCUT2D eigenvalue weighted by molar-refractivity contribution is 7.47. The average molecular weight is 831 g/mol. The summed E-state index contributed by atoms with van der Waals surface area (Å²) in [4.78, 5) is 35.0. The van der Waals surface area contributed by atoms with Crippen LogP contribution in [0.25, 0.3) is 0 Å². The highest BCUT2D eigenvalue weighted by Gasteiger charge is 2.27. The van der Waals surface area contributed by atoms with Gasteiger partial charge in [-0.2, -0.15) is 0 Å². The van der Waals surface area contributed by atoms with Crippen LogP contribution in [0.3, 0.4) is 0 Å². The van der Waals surface area contributed by atoms with Gasteiger partial charge in [0.1, 0.15) is 12.7 Å². The van der Waals surface area contributed by atoms with Gasteiger partial charge in [-0.25, -0.2) is 4.57 Å². The third-order valence-corrected chi connectivity index (χ3v) is 10.5. The molecule has 2 unspecified atom stereocenters. The normalized spacial score (nSPS) is 14.8. The van der Waals surface area contributed by atoms with Crippen LogP contribution >= 0.6 is 7.82 Å². The summed E-state index contributed by atoms with van der Waals surface area (Å²) < 4.78 is 32.7. The molecule has 0 aromatic heterocycles. The minimum atomic E-state index is -4.64. The molecule has 0 fully saturated rings. The van der Waals surface area contributed by atoms with Crippen LogP contribution in [0.5, 0.6) is 0 Å². The van der Waals surface area contributed by atoms with Crippen molar-refractivity contribution in [3.8, 4) is 0 Å². The maximum absolute atomic E-state index is 12.6. The number of aliphatic hydroxyl groups is 3. The van der Waals surface area contributed by atoms with Crippen molar-refractivity contribution in [3.63, 3.8) is 0 Å².